The summed E-state index contributed by atoms with van der Waals surface area (Å²) >= 11 is 3.08. The Morgan fingerprint density at radius 1 is 1.30 bits per heavy atom. The molecule has 0 bridgehead atoms. The highest BCUT2D eigenvalue weighted by molar-refractivity contribution is 9.10. The van der Waals surface area contributed by atoms with Crippen molar-refractivity contribution in [2.45, 2.75) is 24.8 Å². The first-order valence-corrected chi connectivity index (χ1v) is 8.11. The summed E-state index contributed by atoms with van der Waals surface area (Å²) in [7, 11) is -3.95. The number of nitrogens with one attached hydrogen (secondary N) is 1. The molecule has 0 saturated heterocycles. The Bertz CT molecular complexity index is 727. The molecule has 0 aliphatic heterocycles. The highest BCUT2D eigenvalue weighted by Crippen LogP contribution is 2.22. The molecule has 2 rings (SSSR count). The minimum Gasteiger partial charge on any atom is -0.465 e. The van der Waals surface area contributed by atoms with Crippen LogP contribution in [0.3, 0.4) is 0 Å². The van der Waals surface area contributed by atoms with E-state index in [0.29, 0.717) is 16.0 Å². The molecule has 1 unspecified atom stereocenters. The van der Waals surface area contributed by atoms with Crippen LogP contribution >= 0.6 is 15.9 Å². The van der Waals surface area contributed by atoms with Crippen molar-refractivity contribution in [3.05, 3.63) is 52.1 Å². The molecule has 0 radical (unpaired) electrons. The lowest BCUT2D eigenvalue weighted by atomic mass is 10.3. The summed E-state index contributed by atoms with van der Waals surface area (Å²) < 4.78 is 46.2. The number of halogens is 2. The number of rotatable bonds is 4. The van der Waals surface area contributed by atoms with E-state index >= 15 is 0 Å². The van der Waals surface area contributed by atoms with Gasteiger partial charge in [-0.3, -0.25) is 0 Å². The van der Waals surface area contributed by atoms with Gasteiger partial charge in [0.05, 0.1) is 6.04 Å². The van der Waals surface area contributed by atoms with E-state index in [0.717, 1.165) is 6.07 Å². The zero-order valence-electron chi connectivity index (χ0n) is 10.9. The predicted octanol–water partition coefficient (Wildman–Crippen LogP) is 3.53. The number of hydrogen-bond acceptors (Lipinski definition) is 3. The first-order valence-electron chi connectivity index (χ1n) is 5.83. The molecule has 0 amide bonds. The largest absolute Gasteiger partial charge is 0.465 e. The van der Waals surface area contributed by atoms with Crippen molar-refractivity contribution in [2.75, 3.05) is 0 Å². The van der Waals surface area contributed by atoms with E-state index in [1.165, 1.54) is 12.1 Å². The van der Waals surface area contributed by atoms with E-state index in [4.69, 9.17) is 4.42 Å². The van der Waals surface area contributed by atoms with Crippen molar-refractivity contribution in [2.24, 2.45) is 0 Å². The van der Waals surface area contributed by atoms with Gasteiger partial charge in [0, 0.05) is 4.47 Å². The van der Waals surface area contributed by atoms with Crippen molar-refractivity contribution in [3.63, 3.8) is 0 Å². The summed E-state index contributed by atoms with van der Waals surface area (Å²) in [6.45, 7) is 3.39. The molecule has 0 aliphatic rings. The SMILES string of the molecule is Cc1ccc(C(C)NS(=O)(=O)c2ccc(Br)cc2F)o1. The van der Waals surface area contributed by atoms with Gasteiger partial charge >= 0.3 is 0 Å². The predicted molar refractivity (Wildman–Crippen MR) is 76.3 cm³/mol. The lowest BCUT2D eigenvalue weighted by molar-refractivity contribution is 0.440. The van der Waals surface area contributed by atoms with Gasteiger partial charge in [-0.1, -0.05) is 15.9 Å². The third-order valence-corrected chi connectivity index (χ3v) is 4.77. The Morgan fingerprint density at radius 2 is 2.00 bits per heavy atom. The second kappa shape index (κ2) is 5.67. The Balaban J connectivity index is 2.27. The van der Waals surface area contributed by atoms with Gasteiger partial charge < -0.3 is 4.42 Å². The molecule has 0 saturated carbocycles. The van der Waals surface area contributed by atoms with Gasteiger partial charge in [0.15, 0.2) is 0 Å². The van der Waals surface area contributed by atoms with Gasteiger partial charge in [-0.25, -0.2) is 17.5 Å². The number of hydrogen-bond donors (Lipinski definition) is 1. The van der Waals surface area contributed by atoms with Crippen LogP contribution in [0.25, 0.3) is 0 Å². The Kier molecular flexibility index (Phi) is 4.31. The first-order chi connectivity index (χ1) is 9.29. The van der Waals surface area contributed by atoms with Gasteiger partial charge in [0.2, 0.25) is 10.0 Å². The molecular weight excluding hydrogens is 349 g/mol. The maximum atomic E-state index is 13.7. The van der Waals surface area contributed by atoms with Gasteiger partial charge in [0.25, 0.3) is 0 Å². The van der Waals surface area contributed by atoms with Crippen LogP contribution in [0.5, 0.6) is 0 Å². The van der Waals surface area contributed by atoms with Crippen molar-refractivity contribution < 1.29 is 17.2 Å². The van der Waals surface area contributed by atoms with Gasteiger partial charge in [-0.2, -0.15) is 0 Å². The average Bonchev–Trinajstić information content (AvgIpc) is 2.74. The summed E-state index contributed by atoms with van der Waals surface area (Å²) in [6.07, 6.45) is 0. The summed E-state index contributed by atoms with van der Waals surface area (Å²) in [6, 6.07) is 6.62. The quantitative estimate of drug-likeness (QED) is 0.905. The van der Waals surface area contributed by atoms with Crippen LogP contribution in [0.4, 0.5) is 4.39 Å². The molecular formula is C13H13BrFNO3S. The normalized spacial score (nSPS) is 13.4. The van der Waals surface area contributed by atoms with E-state index in [-0.39, 0.29) is 0 Å². The first kappa shape index (κ1) is 15.2. The van der Waals surface area contributed by atoms with Crippen molar-refractivity contribution in [3.8, 4) is 0 Å². The van der Waals surface area contributed by atoms with E-state index in [2.05, 4.69) is 20.7 Å². The van der Waals surface area contributed by atoms with Crippen molar-refractivity contribution in [1.29, 1.82) is 0 Å². The fraction of sp³-hybridized carbons (Fsp3) is 0.231. The lowest BCUT2D eigenvalue weighted by Gasteiger charge is -2.12. The van der Waals surface area contributed by atoms with Crippen LogP contribution in [0.1, 0.15) is 24.5 Å². The zero-order valence-corrected chi connectivity index (χ0v) is 13.3. The third kappa shape index (κ3) is 3.28. The minimum absolute atomic E-state index is 0.393. The Hall–Kier alpha value is -1.18. The molecule has 20 heavy (non-hydrogen) atoms. The van der Waals surface area contributed by atoms with Crippen LogP contribution in [-0.2, 0) is 10.0 Å². The fourth-order valence-corrected chi connectivity index (χ4v) is 3.34. The zero-order chi connectivity index (χ0) is 14.9. The van der Waals surface area contributed by atoms with Crippen LogP contribution in [0.15, 0.2) is 44.1 Å². The third-order valence-electron chi connectivity index (χ3n) is 2.70. The molecule has 1 N–H and O–H groups in total. The number of aryl methyl sites for hydroxylation is 1. The molecule has 0 aliphatic carbocycles. The second-order valence-corrected chi connectivity index (χ2v) is 6.96. The molecule has 1 aromatic heterocycles. The summed E-state index contributed by atoms with van der Waals surface area (Å²) in [5.41, 5.74) is 0. The van der Waals surface area contributed by atoms with Crippen molar-refractivity contribution >= 4 is 26.0 Å². The van der Waals surface area contributed by atoms with Crippen LogP contribution in [-0.4, -0.2) is 8.42 Å². The average molecular weight is 362 g/mol. The molecule has 4 nitrogen and oxygen atoms in total. The van der Waals surface area contributed by atoms with Crippen LogP contribution in [0.2, 0.25) is 0 Å². The summed E-state index contributed by atoms with van der Waals surface area (Å²) in [5.74, 6) is 0.346. The summed E-state index contributed by atoms with van der Waals surface area (Å²) in [4.78, 5) is -0.393. The highest BCUT2D eigenvalue weighted by atomic mass is 79.9. The van der Waals surface area contributed by atoms with Gasteiger partial charge in [-0.05, 0) is 44.2 Å². The molecule has 0 spiro atoms. The molecule has 108 valence electrons. The van der Waals surface area contributed by atoms with Crippen LogP contribution in [0, 0.1) is 12.7 Å². The van der Waals surface area contributed by atoms with E-state index in [1.54, 1.807) is 26.0 Å². The van der Waals surface area contributed by atoms with E-state index in [1.807, 2.05) is 0 Å². The highest BCUT2D eigenvalue weighted by Gasteiger charge is 2.23. The maximum absolute atomic E-state index is 13.7. The molecule has 0 fully saturated rings. The minimum atomic E-state index is -3.95. The fourth-order valence-electron chi connectivity index (χ4n) is 1.73. The van der Waals surface area contributed by atoms with Gasteiger partial charge in [0.1, 0.15) is 22.2 Å². The molecule has 1 atom stereocenters. The number of sulfonamides is 1. The number of furan rings is 1. The van der Waals surface area contributed by atoms with Gasteiger partial charge in [-0.15, -0.1) is 0 Å². The maximum Gasteiger partial charge on any atom is 0.244 e. The standard InChI is InChI=1S/C13H13BrFNO3S/c1-8-3-5-12(19-8)9(2)16-20(17,18)13-6-4-10(14)7-11(13)15/h3-7,9,16H,1-2H3. The summed E-state index contributed by atoms with van der Waals surface area (Å²) in [5, 5.41) is 0. The molecule has 2 aromatic rings. The second-order valence-electron chi connectivity index (χ2n) is 4.37. The molecule has 7 heteroatoms. The smallest absolute Gasteiger partial charge is 0.244 e. The van der Waals surface area contributed by atoms with Crippen LogP contribution < -0.4 is 4.72 Å². The topological polar surface area (TPSA) is 59.3 Å². The number of benzene rings is 1. The van der Waals surface area contributed by atoms with Crippen molar-refractivity contribution in [1.82, 2.24) is 4.72 Å². The monoisotopic (exact) mass is 361 g/mol. The lowest BCUT2D eigenvalue weighted by Crippen LogP contribution is -2.27. The van der Waals surface area contributed by atoms with E-state index in [9.17, 15) is 12.8 Å². The molecule has 1 heterocycles. The molecule has 1 aromatic carbocycles. The Morgan fingerprint density at radius 3 is 2.55 bits per heavy atom. The van der Waals surface area contributed by atoms with E-state index < -0.39 is 26.8 Å². The Labute approximate surface area is 125 Å².